The van der Waals surface area contributed by atoms with Crippen molar-refractivity contribution in [3.05, 3.63) is 58.6 Å². The third kappa shape index (κ3) is 4.63. The summed E-state index contributed by atoms with van der Waals surface area (Å²) in [6, 6.07) is 12.7. The second kappa shape index (κ2) is 7.88. The number of halogens is 1. The van der Waals surface area contributed by atoms with Crippen molar-refractivity contribution in [2.75, 3.05) is 14.2 Å². The number of hydrogen-bond donors (Lipinski definition) is 1. The van der Waals surface area contributed by atoms with E-state index in [-0.39, 0.29) is 11.9 Å². The van der Waals surface area contributed by atoms with Crippen LogP contribution in [-0.4, -0.2) is 20.1 Å². The van der Waals surface area contributed by atoms with Crippen LogP contribution in [0.15, 0.2) is 42.5 Å². The topological polar surface area (TPSA) is 47.6 Å². The van der Waals surface area contributed by atoms with Crippen LogP contribution in [0.25, 0.3) is 0 Å². The van der Waals surface area contributed by atoms with Gasteiger partial charge in [0.1, 0.15) is 0 Å². The minimum Gasteiger partial charge on any atom is -0.493 e. The fraction of sp³-hybridized carbons (Fsp3) is 0.278. The summed E-state index contributed by atoms with van der Waals surface area (Å²) in [5.41, 5.74) is 1.87. The molecule has 0 saturated heterocycles. The molecule has 0 heterocycles. The zero-order valence-electron chi connectivity index (χ0n) is 13.4. The van der Waals surface area contributed by atoms with Crippen LogP contribution in [0.5, 0.6) is 11.5 Å². The van der Waals surface area contributed by atoms with Gasteiger partial charge in [0.15, 0.2) is 11.5 Å². The molecule has 5 heteroatoms. The molecule has 2 aromatic carbocycles. The van der Waals surface area contributed by atoms with Gasteiger partial charge in [-0.2, -0.15) is 0 Å². The number of rotatable bonds is 6. The molecule has 2 aromatic rings. The highest BCUT2D eigenvalue weighted by molar-refractivity contribution is 6.30. The van der Waals surface area contributed by atoms with Crippen LogP contribution in [0, 0.1) is 0 Å². The Morgan fingerprint density at radius 3 is 2.35 bits per heavy atom. The summed E-state index contributed by atoms with van der Waals surface area (Å²) in [4.78, 5) is 12.2. The lowest BCUT2D eigenvalue weighted by Crippen LogP contribution is -2.28. The first-order valence-electron chi connectivity index (χ1n) is 7.29. The van der Waals surface area contributed by atoms with E-state index in [1.165, 1.54) is 0 Å². The maximum absolute atomic E-state index is 12.2. The van der Waals surface area contributed by atoms with Crippen molar-refractivity contribution in [1.29, 1.82) is 0 Å². The lowest BCUT2D eigenvalue weighted by molar-refractivity contribution is -0.121. The highest BCUT2D eigenvalue weighted by Crippen LogP contribution is 2.29. The lowest BCUT2D eigenvalue weighted by atomic mass is 10.1. The SMILES string of the molecule is COc1ccc([C@@H](C)NC(=O)Cc2ccc(Cl)cc2)cc1OC. The smallest absolute Gasteiger partial charge is 0.224 e. The molecule has 0 aliphatic carbocycles. The van der Waals surface area contributed by atoms with E-state index in [2.05, 4.69) is 5.32 Å². The normalized spacial score (nSPS) is 11.7. The summed E-state index contributed by atoms with van der Waals surface area (Å²) in [7, 11) is 3.18. The predicted molar refractivity (Wildman–Crippen MR) is 91.3 cm³/mol. The van der Waals surface area contributed by atoms with E-state index in [9.17, 15) is 4.79 Å². The van der Waals surface area contributed by atoms with Gasteiger partial charge in [-0.25, -0.2) is 0 Å². The molecule has 0 radical (unpaired) electrons. The first-order valence-corrected chi connectivity index (χ1v) is 7.67. The van der Waals surface area contributed by atoms with Gasteiger partial charge in [-0.3, -0.25) is 4.79 Å². The van der Waals surface area contributed by atoms with Gasteiger partial charge in [0.25, 0.3) is 0 Å². The number of hydrogen-bond acceptors (Lipinski definition) is 3. The first-order chi connectivity index (χ1) is 11.0. The van der Waals surface area contributed by atoms with Crippen LogP contribution in [0.3, 0.4) is 0 Å². The van der Waals surface area contributed by atoms with Gasteiger partial charge in [-0.1, -0.05) is 29.8 Å². The Hall–Kier alpha value is -2.20. The van der Waals surface area contributed by atoms with E-state index in [1.807, 2.05) is 37.3 Å². The molecule has 0 aliphatic rings. The minimum atomic E-state index is -0.130. The molecule has 122 valence electrons. The maximum atomic E-state index is 12.2. The summed E-state index contributed by atoms with van der Waals surface area (Å²) in [5.74, 6) is 1.26. The Morgan fingerprint density at radius 1 is 1.09 bits per heavy atom. The zero-order chi connectivity index (χ0) is 16.8. The Kier molecular flexibility index (Phi) is 5.88. The zero-order valence-corrected chi connectivity index (χ0v) is 14.2. The standard InChI is InChI=1S/C18H20ClNO3/c1-12(14-6-9-16(22-2)17(11-14)23-3)20-18(21)10-13-4-7-15(19)8-5-13/h4-9,11-12H,10H2,1-3H3,(H,20,21)/t12-/m1/s1. The molecular weight excluding hydrogens is 314 g/mol. The average molecular weight is 334 g/mol. The third-order valence-corrected chi connectivity index (χ3v) is 3.82. The van der Waals surface area contributed by atoms with Crippen LogP contribution >= 0.6 is 11.6 Å². The van der Waals surface area contributed by atoms with Crippen molar-refractivity contribution < 1.29 is 14.3 Å². The Morgan fingerprint density at radius 2 is 1.74 bits per heavy atom. The van der Waals surface area contributed by atoms with Crippen LogP contribution in [0.1, 0.15) is 24.1 Å². The Labute approximate surface area is 141 Å². The van der Waals surface area contributed by atoms with Gasteiger partial charge < -0.3 is 14.8 Å². The van der Waals surface area contributed by atoms with E-state index in [0.717, 1.165) is 11.1 Å². The van der Waals surface area contributed by atoms with Crippen molar-refractivity contribution in [1.82, 2.24) is 5.32 Å². The molecule has 1 amide bonds. The molecule has 1 atom stereocenters. The first kappa shape index (κ1) is 17.2. The monoisotopic (exact) mass is 333 g/mol. The Bertz CT molecular complexity index is 670. The number of nitrogens with one attached hydrogen (secondary N) is 1. The van der Waals surface area contributed by atoms with Gasteiger partial charge in [0.05, 0.1) is 26.7 Å². The Balaban J connectivity index is 2.01. The van der Waals surface area contributed by atoms with Crippen molar-refractivity contribution in [2.24, 2.45) is 0 Å². The summed E-state index contributed by atoms with van der Waals surface area (Å²) in [5, 5.41) is 3.64. The summed E-state index contributed by atoms with van der Waals surface area (Å²) >= 11 is 5.84. The average Bonchev–Trinajstić information content (AvgIpc) is 2.56. The van der Waals surface area contributed by atoms with Crippen LogP contribution < -0.4 is 14.8 Å². The van der Waals surface area contributed by atoms with Crippen molar-refractivity contribution in [3.63, 3.8) is 0 Å². The van der Waals surface area contributed by atoms with Gasteiger partial charge in [-0.15, -0.1) is 0 Å². The fourth-order valence-electron chi connectivity index (χ4n) is 2.29. The fourth-order valence-corrected chi connectivity index (χ4v) is 2.41. The van der Waals surface area contributed by atoms with Gasteiger partial charge in [0.2, 0.25) is 5.91 Å². The van der Waals surface area contributed by atoms with E-state index >= 15 is 0 Å². The number of amides is 1. The second-order valence-electron chi connectivity index (χ2n) is 5.21. The highest BCUT2D eigenvalue weighted by Gasteiger charge is 2.13. The molecule has 2 rings (SSSR count). The van der Waals surface area contributed by atoms with Crippen molar-refractivity contribution in [2.45, 2.75) is 19.4 Å². The highest BCUT2D eigenvalue weighted by atomic mass is 35.5. The van der Waals surface area contributed by atoms with Crippen LogP contribution in [0.2, 0.25) is 5.02 Å². The molecule has 4 nitrogen and oxygen atoms in total. The van der Waals surface area contributed by atoms with Crippen LogP contribution in [0.4, 0.5) is 0 Å². The number of methoxy groups -OCH3 is 2. The molecule has 1 N–H and O–H groups in total. The maximum Gasteiger partial charge on any atom is 0.224 e. The summed E-state index contributed by atoms with van der Waals surface area (Å²) < 4.78 is 10.5. The van der Waals surface area contributed by atoms with E-state index in [1.54, 1.807) is 26.4 Å². The van der Waals surface area contributed by atoms with Crippen LogP contribution in [-0.2, 0) is 11.2 Å². The molecule has 0 bridgehead atoms. The quantitative estimate of drug-likeness (QED) is 0.875. The van der Waals surface area contributed by atoms with E-state index < -0.39 is 0 Å². The number of carbonyl (C=O) groups excluding carboxylic acids is 1. The van der Waals surface area contributed by atoms with Crippen molar-refractivity contribution in [3.8, 4) is 11.5 Å². The molecular formula is C18H20ClNO3. The molecule has 23 heavy (non-hydrogen) atoms. The van der Waals surface area contributed by atoms with E-state index in [0.29, 0.717) is 22.9 Å². The molecule has 0 saturated carbocycles. The van der Waals surface area contributed by atoms with Crippen molar-refractivity contribution >= 4 is 17.5 Å². The predicted octanol–water partition coefficient (Wildman–Crippen LogP) is 3.78. The lowest BCUT2D eigenvalue weighted by Gasteiger charge is -2.16. The number of benzene rings is 2. The number of carbonyl (C=O) groups is 1. The minimum absolute atomic E-state index is 0.0467. The molecule has 0 aliphatic heterocycles. The van der Waals surface area contributed by atoms with E-state index in [4.69, 9.17) is 21.1 Å². The van der Waals surface area contributed by atoms with Gasteiger partial charge in [0, 0.05) is 5.02 Å². The summed E-state index contributed by atoms with van der Waals surface area (Å²) in [6.45, 7) is 1.93. The molecule has 0 unspecified atom stereocenters. The molecule has 0 aromatic heterocycles. The summed E-state index contributed by atoms with van der Waals surface area (Å²) in [6.07, 6.45) is 0.314. The largest absolute Gasteiger partial charge is 0.493 e. The van der Waals surface area contributed by atoms with Gasteiger partial charge >= 0.3 is 0 Å². The molecule has 0 spiro atoms. The third-order valence-electron chi connectivity index (χ3n) is 3.56. The molecule has 0 fully saturated rings. The number of ether oxygens (including phenoxy) is 2. The van der Waals surface area contributed by atoms with Gasteiger partial charge in [-0.05, 0) is 42.3 Å². The second-order valence-corrected chi connectivity index (χ2v) is 5.64.